The molecule has 25 heavy (non-hydrogen) atoms. The van der Waals surface area contributed by atoms with E-state index in [0.717, 1.165) is 51.3 Å². The van der Waals surface area contributed by atoms with Crippen molar-refractivity contribution in [2.24, 2.45) is 5.92 Å². The van der Waals surface area contributed by atoms with Crippen molar-refractivity contribution < 1.29 is 14.3 Å². The summed E-state index contributed by atoms with van der Waals surface area (Å²) in [5, 5.41) is 6.29. The first-order chi connectivity index (χ1) is 12.2. The van der Waals surface area contributed by atoms with Gasteiger partial charge in [0, 0.05) is 24.2 Å². The van der Waals surface area contributed by atoms with Crippen LogP contribution in [0.15, 0.2) is 18.2 Å². The molecule has 1 aromatic carbocycles. The molecule has 0 spiro atoms. The molecule has 0 unspecified atom stereocenters. The van der Waals surface area contributed by atoms with Crippen LogP contribution in [0.3, 0.4) is 0 Å². The minimum atomic E-state index is 0.0791. The van der Waals surface area contributed by atoms with Gasteiger partial charge in [-0.15, -0.1) is 0 Å². The zero-order valence-electron chi connectivity index (χ0n) is 15.6. The number of likely N-dealkylation sites (N-methyl/N-ethyl adjacent to an activating group) is 1. The SMILES string of the molecule is CCN(CC)CCOc1cc(NC(=O)C2CCNCC2)ccc1OC. The van der Waals surface area contributed by atoms with Crippen molar-refractivity contribution in [2.45, 2.75) is 26.7 Å². The van der Waals surface area contributed by atoms with E-state index in [9.17, 15) is 4.79 Å². The van der Waals surface area contributed by atoms with E-state index >= 15 is 0 Å². The number of nitrogens with one attached hydrogen (secondary N) is 2. The second-order valence-corrected chi connectivity index (χ2v) is 6.25. The Bertz CT molecular complexity index is 541. The van der Waals surface area contributed by atoms with Crippen LogP contribution in [-0.2, 0) is 4.79 Å². The molecule has 0 saturated carbocycles. The predicted octanol–water partition coefficient (Wildman–Crippen LogP) is 2.35. The number of piperidine rings is 1. The molecule has 0 bridgehead atoms. The molecule has 2 rings (SSSR count). The highest BCUT2D eigenvalue weighted by Crippen LogP contribution is 2.30. The molecule has 140 valence electrons. The van der Waals surface area contributed by atoms with Gasteiger partial charge in [0.2, 0.25) is 5.91 Å². The van der Waals surface area contributed by atoms with Crippen LogP contribution in [0.4, 0.5) is 5.69 Å². The number of amides is 1. The first-order valence-electron chi connectivity index (χ1n) is 9.22. The Labute approximate surface area is 150 Å². The molecule has 1 aliphatic heterocycles. The minimum Gasteiger partial charge on any atom is -0.493 e. The van der Waals surface area contributed by atoms with E-state index in [-0.39, 0.29) is 11.8 Å². The van der Waals surface area contributed by atoms with Crippen molar-refractivity contribution in [1.29, 1.82) is 0 Å². The highest BCUT2D eigenvalue weighted by Gasteiger charge is 2.21. The molecular formula is C19H31N3O3. The second kappa shape index (κ2) is 10.3. The molecule has 6 nitrogen and oxygen atoms in total. The molecule has 2 N–H and O–H groups in total. The van der Waals surface area contributed by atoms with Gasteiger partial charge < -0.3 is 25.0 Å². The topological polar surface area (TPSA) is 62.8 Å². The van der Waals surface area contributed by atoms with Crippen molar-refractivity contribution >= 4 is 11.6 Å². The van der Waals surface area contributed by atoms with Crippen molar-refractivity contribution in [3.05, 3.63) is 18.2 Å². The summed E-state index contributed by atoms with van der Waals surface area (Å²) in [7, 11) is 1.62. The molecule has 1 aromatic rings. The summed E-state index contributed by atoms with van der Waals surface area (Å²) >= 11 is 0. The van der Waals surface area contributed by atoms with Crippen LogP contribution in [0.5, 0.6) is 11.5 Å². The number of rotatable bonds is 9. The van der Waals surface area contributed by atoms with Gasteiger partial charge in [-0.2, -0.15) is 0 Å². The molecule has 0 aromatic heterocycles. The van der Waals surface area contributed by atoms with E-state index in [1.54, 1.807) is 7.11 Å². The zero-order valence-corrected chi connectivity index (χ0v) is 15.6. The fourth-order valence-electron chi connectivity index (χ4n) is 3.02. The van der Waals surface area contributed by atoms with E-state index in [1.807, 2.05) is 18.2 Å². The van der Waals surface area contributed by atoms with Crippen LogP contribution in [0.25, 0.3) is 0 Å². The van der Waals surface area contributed by atoms with Crippen LogP contribution in [0, 0.1) is 5.92 Å². The Balaban J connectivity index is 1.96. The van der Waals surface area contributed by atoms with Gasteiger partial charge in [-0.1, -0.05) is 13.8 Å². The molecule has 1 saturated heterocycles. The van der Waals surface area contributed by atoms with Gasteiger partial charge in [0.15, 0.2) is 11.5 Å². The smallest absolute Gasteiger partial charge is 0.227 e. The maximum Gasteiger partial charge on any atom is 0.227 e. The Morgan fingerprint density at radius 1 is 1.24 bits per heavy atom. The highest BCUT2D eigenvalue weighted by molar-refractivity contribution is 5.93. The number of anilines is 1. The summed E-state index contributed by atoms with van der Waals surface area (Å²) in [6.07, 6.45) is 1.77. The quantitative estimate of drug-likeness (QED) is 0.717. The largest absolute Gasteiger partial charge is 0.493 e. The normalized spacial score (nSPS) is 15.2. The van der Waals surface area contributed by atoms with Crippen LogP contribution in [0.2, 0.25) is 0 Å². The van der Waals surface area contributed by atoms with E-state index in [4.69, 9.17) is 9.47 Å². The first kappa shape index (κ1) is 19.5. The molecule has 0 radical (unpaired) electrons. The van der Waals surface area contributed by atoms with Crippen molar-refractivity contribution in [1.82, 2.24) is 10.2 Å². The summed E-state index contributed by atoms with van der Waals surface area (Å²) in [4.78, 5) is 14.7. The Hall–Kier alpha value is -1.79. The molecular weight excluding hydrogens is 318 g/mol. The molecule has 6 heteroatoms. The second-order valence-electron chi connectivity index (χ2n) is 6.25. The van der Waals surface area contributed by atoms with Crippen molar-refractivity contribution in [2.75, 3.05) is 51.8 Å². The number of carbonyl (C=O) groups excluding carboxylic acids is 1. The fourth-order valence-corrected chi connectivity index (χ4v) is 3.02. The third-order valence-corrected chi connectivity index (χ3v) is 4.70. The number of hydrogen-bond acceptors (Lipinski definition) is 5. The van der Waals surface area contributed by atoms with E-state index in [1.165, 1.54) is 0 Å². The molecule has 1 amide bonds. The highest BCUT2D eigenvalue weighted by atomic mass is 16.5. The van der Waals surface area contributed by atoms with Gasteiger partial charge in [-0.3, -0.25) is 4.79 Å². The van der Waals surface area contributed by atoms with Gasteiger partial charge in [0.25, 0.3) is 0 Å². The summed E-state index contributed by atoms with van der Waals surface area (Å²) in [6, 6.07) is 5.54. The van der Waals surface area contributed by atoms with Crippen LogP contribution in [0.1, 0.15) is 26.7 Å². The average Bonchev–Trinajstić information content (AvgIpc) is 2.66. The maximum absolute atomic E-state index is 12.4. The molecule has 0 atom stereocenters. The van der Waals surface area contributed by atoms with Crippen LogP contribution in [-0.4, -0.2) is 57.2 Å². The summed E-state index contributed by atoms with van der Waals surface area (Å²) in [6.45, 7) is 9.54. The van der Waals surface area contributed by atoms with Crippen molar-refractivity contribution in [3.8, 4) is 11.5 Å². The number of ether oxygens (including phenoxy) is 2. The van der Waals surface area contributed by atoms with Crippen LogP contribution >= 0.6 is 0 Å². The maximum atomic E-state index is 12.4. The summed E-state index contributed by atoms with van der Waals surface area (Å²) in [5.74, 6) is 1.51. The number of methoxy groups -OCH3 is 1. The van der Waals surface area contributed by atoms with Gasteiger partial charge in [0.1, 0.15) is 6.61 Å². The lowest BCUT2D eigenvalue weighted by atomic mass is 9.97. The Morgan fingerprint density at radius 2 is 1.96 bits per heavy atom. The number of carbonyl (C=O) groups is 1. The first-order valence-corrected chi connectivity index (χ1v) is 9.22. The zero-order chi connectivity index (χ0) is 18.1. The predicted molar refractivity (Wildman–Crippen MR) is 101 cm³/mol. The fraction of sp³-hybridized carbons (Fsp3) is 0.632. The van der Waals surface area contributed by atoms with E-state index in [0.29, 0.717) is 18.1 Å². The van der Waals surface area contributed by atoms with Gasteiger partial charge in [-0.25, -0.2) is 0 Å². The lowest BCUT2D eigenvalue weighted by Gasteiger charge is -2.22. The summed E-state index contributed by atoms with van der Waals surface area (Å²) in [5.41, 5.74) is 0.752. The van der Waals surface area contributed by atoms with E-state index in [2.05, 4.69) is 29.4 Å². The van der Waals surface area contributed by atoms with Crippen LogP contribution < -0.4 is 20.1 Å². The average molecular weight is 349 g/mol. The number of hydrogen-bond donors (Lipinski definition) is 2. The van der Waals surface area contributed by atoms with Crippen molar-refractivity contribution in [3.63, 3.8) is 0 Å². The van der Waals surface area contributed by atoms with Gasteiger partial charge >= 0.3 is 0 Å². The molecule has 1 aliphatic rings. The lowest BCUT2D eigenvalue weighted by molar-refractivity contribution is -0.120. The lowest BCUT2D eigenvalue weighted by Crippen LogP contribution is -2.34. The summed E-state index contributed by atoms with van der Waals surface area (Å²) < 4.78 is 11.3. The number of benzene rings is 1. The molecule has 0 aliphatic carbocycles. The van der Waals surface area contributed by atoms with Gasteiger partial charge in [-0.05, 0) is 51.2 Å². The molecule has 1 heterocycles. The Morgan fingerprint density at radius 3 is 2.60 bits per heavy atom. The third-order valence-electron chi connectivity index (χ3n) is 4.70. The van der Waals surface area contributed by atoms with E-state index < -0.39 is 0 Å². The minimum absolute atomic E-state index is 0.0791. The third kappa shape index (κ3) is 5.90. The Kier molecular flexibility index (Phi) is 8.01. The monoisotopic (exact) mass is 349 g/mol. The molecule has 1 fully saturated rings. The number of nitrogens with zero attached hydrogens (tertiary/aromatic N) is 1. The van der Waals surface area contributed by atoms with Gasteiger partial charge in [0.05, 0.1) is 7.11 Å². The standard InChI is InChI=1S/C19H31N3O3/c1-4-22(5-2)12-13-25-18-14-16(6-7-17(18)24-3)21-19(23)15-8-10-20-11-9-15/h6-7,14-15,20H,4-5,8-13H2,1-3H3,(H,21,23).